The molecule has 0 spiro atoms. The lowest BCUT2D eigenvalue weighted by atomic mass is 9.93. The van der Waals surface area contributed by atoms with Crippen LogP contribution >= 0.6 is 0 Å². The summed E-state index contributed by atoms with van der Waals surface area (Å²) >= 11 is 0. The molecule has 0 bridgehead atoms. The second-order valence-corrected chi connectivity index (χ2v) is 7.05. The van der Waals surface area contributed by atoms with Crippen LogP contribution in [0.2, 0.25) is 0 Å². The predicted molar refractivity (Wildman–Crippen MR) is 69.2 cm³/mol. The molecular weight excluding hydrogens is 228 g/mol. The van der Waals surface area contributed by atoms with Gasteiger partial charge in [0.05, 0.1) is 11.7 Å². The average Bonchev–Trinajstić information content (AvgIpc) is 3.10. The molecule has 18 heavy (non-hydrogen) atoms. The monoisotopic (exact) mass is 252 g/mol. The number of fused-ring (bicyclic) bond motifs is 2. The van der Waals surface area contributed by atoms with Gasteiger partial charge >= 0.3 is 0 Å². The van der Waals surface area contributed by atoms with E-state index >= 15 is 0 Å². The molecule has 3 aliphatic rings. The topological polar surface area (TPSA) is 42.0 Å². The van der Waals surface area contributed by atoms with Crippen molar-refractivity contribution in [2.24, 2.45) is 17.3 Å². The molecule has 1 saturated heterocycles. The summed E-state index contributed by atoms with van der Waals surface area (Å²) in [5.41, 5.74) is 1.77. The SMILES string of the molecule is CC1(C)[C@@H]2/C=C(\COO)CC[C@H]3O[C@@]3(C)CC[C@@H]21. The van der Waals surface area contributed by atoms with Gasteiger partial charge in [0.2, 0.25) is 0 Å². The van der Waals surface area contributed by atoms with Gasteiger partial charge < -0.3 is 4.74 Å². The lowest BCUT2D eigenvalue weighted by molar-refractivity contribution is -0.234. The Morgan fingerprint density at radius 2 is 2.17 bits per heavy atom. The van der Waals surface area contributed by atoms with Crippen LogP contribution in [0.5, 0.6) is 0 Å². The Morgan fingerprint density at radius 3 is 2.89 bits per heavy atom. The molecule has 3 heteroatoms. The number of allylic oxidation sites excluding steroid dienone is 1. The molecule has 0 radical (unpaired) electrons. The van der Waals surface area contributed by atoms with Crippen molar-refractivity contribution in [1.29, 1.82) is 0 Å². The van der Waals surface area contributed by atoms with Crippen molar-refractivity contribution in [3.8, 4) is 0 Å². The molecular formula is C15H24O3. The van der Waals surface area contributed by atoms with E-state index in [-0.39, 0.29) is 5.60 Å². The molecule has 1 N–H and O–H groups in total. The van der Waals surface area contributed by atoms with Crippen molar-refractivity contribution in [2.75, 3.05) is 6.61 Å². The zero-order valence-electron chi connectivity index (χ0n) is 11.6. The van der Waals surface area contributed by atoms with Crippen molar-refractivity contribution in [2.45, 2.75) is 58.2 Å². The third-order valence-electron chi connectivity index (χ3n) is 5.52. The maximum atomic E-state index is 8.69. The highest BCUT2D eigenvalue weighted by Gasteiger charge is 2.59. The summed E-state index contributed by atoms with van der Waals surface area (Å²) in [4.78, 5) is 4.35. The highest BCUT2D eigenvalue weighted by Crippen LogP contribution is 2.63. The van der Waals surface area contributed by atoms with Crippen molar-refractivity contribution < 1.29 is 14.9 Å². The molecule has 102 valence electrons. The number of epoxide rings is 1. The van der Waals surface area contributed by atoms with Crippen molar-refractivity contribution in [3.05, 3.63) is 11.6 Å². The van der Waals surface area contributed by atoms with Crippen LogP contribution < -0.4 is 0 Å². The summed E-state index contributed by atoms with van der Waals surface area (Å²) in [6.07, 6.45) is 7.27. The Labute approximate surface area is 109 Å². The van der Waals surface area contributed by atoms with E-state index in [0.717, 1.165) is 18.8 Å². The van der Waals surface area contributed by atoms with Gasteiger partial charge in [0.1, 0.15) is 6.61 Å². The second kappa shape index (κ2) is 4.06. The fraction of sp³-hybridized carbons (Fsp3) is 0.867. The lowest BCUT2D eigenvalue weighted by Crippen LogP contribution is -2.12. The van der Waals surface area contributed by atoms with Gasteiger partial charge in [0.25, 0.3) is 0 Å². The lowest BCUT2D eigenvalue weighted by Gasteiger charge is -2.10. The maximum Gasteiger partial charge on any atom is 0.103 e. The molecule has 1 aliphatic heterocycles. The van der Waals surface area contributed by atoms with E-state index in [0.29, 0.717) is 24.0 Å². The minimum Gasteiger partial charge on any atom is -0.366 e. The Bertz CT molecular complexity index is 374. The average molecular weight is 252 g/mol. The predicted octanol–water partition coefficient (Wildman–Crippen LogP) is 3.41. The van der Waals surface area contributed by atoms with Gasteiger partial charge in [-0.15, -0.1) is 0 Å². The first-order valence-corrected chi connectivity index (χ1v) is 7.11. The van der Waals surface area contributed by atoms with E-state index in [9.17, 15) is 0 Å². The van der Waals surface area contributed by atoms with Gasteiger partial charge in [-0.3, -0.25) is 5.26 Å². The van der Waals surface area contributed by atoms with Gasteiger partial charge in [-0.2, -0.15) is 0 Å². The van der Waals surface area contributed by atoms with E-state index in [1.54, 1.807) is 0 Å². The second-order valence-electron chi connectivity index (χ2n) is 7.05. The standard InChI is InChI=1S/C15H24O3/c1-14(2)11-6-7-15(3)13(18-15)5-4-10(9-17-16)8-12(11)14/h8,11-13,16H,4-7,9H2,1-3H3/b10-8-/t11-,12+,13+,15-/m0/s1. The van der Waals surface area contributed by atoms with Crippen LogP contribution in [0.4, 0.5) is 0 Å². The normalized spacial score (nSPS) is 48.4. The van der Waals surface area contributed by atoms with Crippen LogP contribution in [0.25, 0.3) is 0 Å². The van der Waals surface area contributed by atoms with Crippen LogP contribution in [-0.2, 0) is 9.62 Å². The summed E-state index contributed by atoms with van der Waals surface area (Å²) in [6.45, 7) is 7.29. The molecule has 0 aromatic heterocycles. The molecule has 3 nitrogen and oxygen atoms in total. The van der Waals surface area contributed by atoms with Gasteiger partial charge in [-0.25, -0.2) is 4.89 Å². The van der Waals surface area contributed by atoms with Crippen LogP contribution in [0.3, 0.4) is 0 Å². The largest absolute Gasteiger partial charge is 0.366 e. The summed E-state index contributed by atoms with van der Waals surface area (Å²) in [5.74, 6) is 1.42. The Kier molecular flexibility index (Phi) is 2.85. The van der Waals surface area contributed by atoms with E-state index in [1.165, 1.54) is 18.4 Å². The van der Waals surface area contributed by atoms with Gasteiger partial charge in [-0.05, 0) is 55.4 Å². The first-order valence-electron chi connectivity index (χ1n) is 7.11. The quantitative estimate of drug-likeness (QED) is 0.354. The molecule has 0 aromatic carbocycles. The van der Waals surface area contributed by atoms with E-state index in [2.05, 4.69) is 31.7 Å². The van der Waals surface area contributed by atoms with Crippen LogP contribution in [0, 0.1) is 17.3 Å². The van der Waals surface area contributed by atoms with Crippen molar-refractivity contribution in [1.82, 2.24) is 0 Å². The van der Waals surface area contributed by atoms with E-state index < -0.39 is 0 Å². The molecule has 3 rings (SSSR count). The van der Waals surface area contributed by atoms with Gasteiger partial charge in [-0.1, -0.05) is 19.9 Å². The number of rotatable bonds is 2. The van der Waals surface area contributed by atoms with E-state index in [1.807, 2.05) is 0 Å². The minimum absolute atomic E-state index is 0.131. The third kappa shape index (κ3) is 2.02. The zero-order valence-corrected chi connectivity index (χ0v) is 11.6. The summed E-state index contributed by atoms with van der Waals surface area (Å²) in [6, 6.07) is 0. The Hall–Kier alpha value is -0.380. The van der Waals surface area contributed by atoms with Gasteiger partial charge in [0.15, 0.2) is 0 Å². The highest BCUT2D eigenvalue weighted by molar-refractivity contribution is 5.21. The summed E-state index contributed by atoms with van der Waals surface area (Å²) < 4.78 is 5.87. The first kappa shape index (κ1) is 12.6. The molecule has 0 unspecified atom stereocenters. The van der Waals surface area contributed by atoms with Crippen LogP contribution in [-0.4, -0.2) is 23.6 Å². The fourth-order valence-corrected chi connectivity index (χ4v) is 3.84. The molecule has 2 fully saturated rings. The Morgan fingerprint density at radius 1 is 1.39 bits per heavy atom. The summed E-state index contributed by atoms with van der Waals surface area (Å²) in [5, 5.41) is 8.69. The fourth-order valence-electron chi connectivity index (χ4n) is 3.84. The number of hydrogen-bond acceptors (Lipinski definition) is 3. The van der Waals surface area contributed by atoms with Crippen molar-refractivity contribution in [3.63, 3.8) is 0 Å². The summed E-state index contributed by atoms with van der Waals surface area (Å²) in [7, 11) is 0. The van der Waals surface area contributed by atoms with Crippen LogP contribution in [0.1, 0.15) is 46.5 Å². The molecule has 2 aliphatic carbocycles. The maximum absolute atomic E-state index is 8.69. The zero-order chi connectivity index (χ0) is 13.0. The highest BCUT2D eigenvalue weighted by atomic mass is 17.1. The molecule has 1 saturated carbocycles. The molecule has 1 heterocycles. The van der Waals surface area contributed by atoms with Crippen LogP contribution in [0.15, 0.2) is 11.6 Å². The smallest absolute Gasteiger partial charge is 0.103 e. The van der Waals surface area contributed by atoms with Gasteiger partial charge in [0, 0.05) is 0 Å². The number of hydrogen-bond donors (Lipinski definition) is 1. The molecule has 4 atom stereocenters. The first-order chi connectivity index (χ1) is 8.47. The molecule has 0 amide bonds. The minimum atomic E-state index is 0.131. The third-order valence-corrected chi connectivity index (χ3v) is 5.52. The van der Waals surface area contributed by atoms with Crippen molar-refractivity contribution >= 4 is 0 Å². The number of ether oxygens (including phenoxy) is 1. The van der Waals surface area contributed by atoms with E-state index in [4.69, 9.17) is 9.99 Å². The Balaban J connectivity index is 1.77. The molecule has 0 aromatic rings.